The first-order valence-electron chi connectivity index (χ1n) is 17.3. The van der Waals surface area contributed by atoms with Crippen LogP contribution in [0.4, 0.5) is 0 Å². The molecule has 0 heteroatoms. The van der Waals surface area contributed by atoms with E-state index in [1.54, 1.807) is 0 Å². The van der Waals surface area contributed by atoms with Gasteiger partial charge in [0.05, 0.1) is 0 Å². The maximum Gasteiger partial charge on any atom is -0.00201 e. The molecule has 234 valence electrons. The average Bonchev–Trinajstić information content (AvgIpc) is 3.20. The fourth-order valence-corrected chi connectivity index (χ4v) is 7.60. The van der Waals surface area contributed by atoms with Gasteiger partial charge in [-0.05, 0) is 94.0 Å². The third-order valence-corrected chi connectivity index (χ3v) is 9.89. The molecule has 0 N–H and O–H groups in total. The standard InChI is InChI=1S/C50H34/c1-4-16-36(17-5-1)40-32-33-47(42-23-11-10-22-41(40)42)50-45-26-14-12-24-43(45)49(44-25-13-15-27-46(44)50)39-30-28-35(29-31-39)34-48(37-18-6-2-7-19-37)38-20-8-3-9-21-38/h1-34H. The Balaban J connectivity index is 1.23. The topological polar surface area (TPSA) is 0 Å². The third-order valence-electron chi connectivity index (χ3n) is 9.89. The first-order valence-corrected chi connectivity index (χ1v) is 17.3. The van der Waals surface area contributed by atoms with Crippen molar-refractivity contribution < 1.29 is 0 Å². The summed E-state index contributed by atoms with van der Waals surface area (Å²) in [6.45, 7) is 0. The van der Waals surface area contributed by atoms with E-state index in [0.717, 1.165) is 0 Å². The number of fused-ring (bicyclic) bond motifs is 3. The molecular weight excluding hydrogens is 601 g/mol. The molecule has 0 bridgehead atoms. The molecule has 0 aromatic heterocycles. The van der Waals surface area contributed by atoms with E-state index in [-0.39, 0.29) is 0 Å². The van der Waals surface area contributed by atoms with E-state index in [1.807, 2.05) is 0 Å². The van der Waals surface area contributed by atoms with E-state index in [1.165, 1.54) is 88.0 Å². The van der Waals surface area contributed by atoms with E-state index >= 15 is 0 Å². The van der Waals surface area contributed by atoms with Gasteiger partial charge in [0.1, 0.15) is 0 Å². The summed E-state index contributed by atoms with van der Waals surface area (Å²) >= 11 is 0. The Morgan fingerprint density at radius 3 is 1.20 bits per heavy atom. The summed E-state index contributed by atoms with van der Waals surface area (Å²) in [5.74, 6) is 0. The predicted molar refractivity (Wildman–Crippen MR) is 215 cm³/mol. The maximum absolute atomic E-state index is 2.33. The Bertz CT molecular complexity index is 2550. The van der Waals surface area contributed by atoms with Crippen LogP contribution in [-0.2, 0) is 0 Å². The SMILES string of the molecule is C(=C(c1ccccc1)c1ccccc1)c1ccc(-c2c3ccccc3c(-c3ccc(-c4ccccc4)c4ccccc34)c3ccccc23)cc1. The summed E-state index contributed by atoms with van der Waals surface area (Å²) in [6, 6.07) is 72.5. The summed E-state index contributed by atoms with van der Waals surface area (Å²) in [4.78, 5) is 0. The van der Waals surface area contributed by atoms with Gasteiger partial charge in [0.2, 0.25) is 0 Å². The zero-order valence-corrected chi connectivity index (χ0v) is 27.6. The molecule has 0 radical (unpaired) electrons. The lowest BCUT2D eigenvalue weighted by molar-refractivity contribution is 1.55. The molecule has 0 aliphatic rings. The fourth-order valence-electron chi connectivity index (χ4n) is 7.60. The Labute approximate surface area is 293 Å². The highest BCUT2D eigenvalue weighted by molar-refractivity contribution is 6.24. The highest BCUT2D eigenvalue weighted by atomic mass is 14.2. The number of hydrogen-bond acceptors (Lipinski definition) is 0. The molecule has 0 saturated heterocycles. The summed E-state index contributed by atoms with van der Waals surface area (Å²) in [5, 5.41) is 7.57. The van der Waals surface area contributed by atoms with Gasteiger partial charge in [0.25, 0.3) is 0 Å². The maximum atomic E-state index is 2.33. The van der Waals surface area contributed by atoms with E-state index in [2.05, 4.69) is 206 Å². The third kappa shape index (κ3) is 5.28. The van der Waals surface area contributed by atoms with Crippen LogP contribution in [0.15, 0.2) is 200 Å². The van der Waals surface area contributed by atoms with Gasteiger partial charge in [-0.2, -0.15) is 0 Å². The molecule has 0 fully saturated rings. The van der Waals surface area contributed by atoms with Crippen LogP contribution in [0, 0.1) is 0 Å². The lowest BCUT2D eigenvalue weighted by Gasteiger charge is -2.19. The normalized spacial score (nSPS) is 11.2. The van der Waals surface area contributed by atoms with Crippen LogP contribution in [0.2, 0.25) is 0 Å². The molecule has 0 atom stereocenters. The van der Waals surface area contributed by atoms with Gasteiger partial charge in [0, 0.05) is 0 Å². The van der Waals surface area contributed by atoms with Crippen molar-refractivity contribution in [3.63, 3.8) is 0 Å². The van der Waals surface area contributed by atoms with Gasteiger partial charge in [0.15, 0.2) is 0 Å². The van der Waals surface area contributed by atoms with Crippen LogP contribution in [0.1, 0.15) is 16.7 Å². The van der Waals surface area contributed by atoms with E-state index in [4.69, 9.17) is 0 Å². The minimum Gasteiger partial charge on any atom is -0.0622 e. The minimum absolute atomic E-state index is 1.17. The van der Waals surface area contributed by atoms with Gasteiger partial charge in [-0.1, -0.05) is 200 Å². The highest BCUT2D eigenvalue weighted by Crippen LogP contribution is 2.46. The van der Waals surface area contributed by atoms with Crippen molar-refractivity contribution in [1.82, 2.24) is 0 Å². The Kier molecular flexibility index (Phi) is 7.61. The first kappa shape index (κ1) is 29.6. The van der Waals surface area contributed by atoms with E-state index in [9.17, 15) is 0 Å². The summed E-state index contributed by atoms with van der Waals surface area (Å²) in [5.41, 5.74) is 12.3. The largest absolute Gasteiger partial charge is 0.0622 e. The van der Waals surface area contributed by atoms with Crippen molar-refractivity contribution in [3.05, 3.63) is 217 Å². The van der Waals surface area contributed by atoms with Crippen molar-refractivity contribution >= 4 is 44.0 Å². The molecule has 9 rings (SSSR count). The van der Waals surface area contributed by atoms with Gasteiger partial charge in [-0.15, -0.1) is 0 Å². The molecule has 0 nitrogen and oxygen atoms in total. The van der Waals surface area contributed by atoms with Gasteiger partial charge < -0.3 is 0 Å². The van der Waals surface area contributed by atoms with E-state index in [0.29, 0.717) is 0 Å². The van der Waals surface area contributed by atoms with Crippen LogP contribution in [-0.4, -0.2) is 0 Å². The molecular formula is C50H34. The molecule has 0 aliphatic heterocycles. The van der Waals surface area contributed by atoms with Crippen molar-refractivity contribution in [2.75, 3.05) is 0 Å². The van der Waals surface area contributed by atoms with Crippen molar-refractivity contribution in [2.24, 2.45) is 0 Å². The molecule has 50 heavy (non-hydrogen) atoms. The van der Waals surface area contributed by atoms with Crippen LogP contribution >= 0.6 is 0 Å². The minimum atomic E-state index is 1.17. The lowest BCUT2D eigenvalue weighted by Crippen LogP contribution is -1.92. The van der Waals surface area contributed by atoms with Crippen LogP contribution in [0.25, 0.3) is 77.3 Å². The van der Waals surface area contributed by atoms with Crippen LogP contribution in [0.3, 0.4) is 0 Å². The second-order valence-electron chi connectivity index (χ2n) is 12.8. The number of rotatable bonds is 6. The quantitative estimate of drug-likeness (QED) is 0.126. The molecule has 0 aliphatic carbocycles. The Hall–Kier alpha value is -6.50. The zero-order chi connectivity index (χ0) is 33.3. The Morgan fingerprint density at radius 2 is 0.680 bits per heavy atom. The zero-order valence-electron chi connectivity index (χ0n) is 27.6. The first-order chi connectivity index (χ1) is 24.8. The average molecular weight is 635 g/mol. The second kappa shape index (κ2) is 12.8. The monoisotopic (exact) mass is 634 g/mol. The lowest BCUT2D eigenvalue weighted by atomic mass is 9.83. The summed E-state index contributed by atoms with van der Waals surface area (Å²) < 4.78 is 0. The number of benzene rings is 9. The van der Waals surface area contributed by atoms with Gasteiger partial charge >= 0.3 is 0 Å². The molecule has 9 aromatic rings. The summed E-state index contributed by atoms with van der Waals surface area (Å²) in [7, 11) is 0. The van der Waals surface area contributed by atoms with Crippen LogP contribution < -0.4 is 0 Å². The predicted octanol–water partition coefficient (Wildman–Crippen LogP) is 13.7. The molecule has 0 amide bonds. The second-order valence-corrected chi connectivity index (χ2v) is 12.8. The van der Waals surface area contributed by atoms with Crippen molar-refractivity contribution in [3.8, 4) is 33.4 Å². The molecule has 0 spiro atoms. The Morgan fingerprint density at radius 1 is 0.280 bits per heavy atom. The van der Waals surface area contributed by atoms with Gasteiger partial charge in [-0.3, -0.25) is 0 Å². The van der Waals surface area contributed by atoms with Crippen LogP contribution in [0.5, 0.6) is 0 Å². The highest BCUT2D eigenvalue weighted by Gasteiger charge is 2.19. The van der Waals surface area contributed by atoms with Crippen molar-refractivity contribution in [1.29, 1.82) is 0 Å². The molecule has 0 saturated carbocycles. The molecule has 9 aromatic carbocycles. The van der Waals surface area contributed by atoms with Crippen molar-refractivity contribution in [2.45, 2.75) is 0 Å². The molecule has 0 heterocycles. The van der Waals surface area contributed by atoms with E-state index < -0.39 is 0 Å². The smallest absolute Gasteiger partial charge is 0.00201 e. The molecule has 0 unspecified atom stereocenters. The van der Waals surface area contributed by atoms with Gasteiger partial charge in [-0.25, -0.2) is 0 Å². The fraction of sp³-hybridized carbons (Fsp3) is 0. The number of hydrogen-bond donors (Lipinski definition) is 0. The summed E-state index contributed by atoms with van der Waals surface area (Å²) in [6.07, 6.45) is 2.30.